The summed E-state index contributed by atoms with van der Waals surface area (Å²) in [6.07, 6.45) is 1.20. The molecule has 0 radical (unpaired) electrons. The number of pyridine rings is 1. The number of hydrogen-bond acceptors (Lipinski definition) is 3. The van der Waals surface area contributed by atoms with Crippen molar-refractivity contribution in [2.75, 3.05) is 7.11 Å². The van der Waals surface area contributed by atoms with Gasteiger partial charge >= 0.3 is 0 Å². The predicted octanol–water partition coefficient (Wildman–Crippen LogP) is 2.77. The van der Waals surface area contributed by atoms with E-state index in [-0.39, 0.29) is 5.78 Å². The fraction of sp³-hybridized carbons (Fsp3) is 0.286. The normalized spacial score (nSPS) is 10.5. The van der Waals surface area contributed by atoms with Gasteiger partial charge in [-0.1, -0.05) is 18.2 Å². The number of fused-ring (bicyclic) bond motifs is 1. The van der Waals surface area contributed by atoms with Crippen LogP contribution in [0.2, 0.25) is 0 Å². The molecule has 17 heavy (non-hydrogen) atoms. The van der Waals surface area contributed by atoms with Gasteiger partial charge in [0.15, 0.2) is 0 Å². The molecule has 0 spiro atoms. The van der Waals surface area contributed by atoms with E-state index in [2.05, 4.69) is 4.98 Å². The first kappa shape index (κ1) is 11.6. The molecule has 0 unspecified atom stereocenters. The van der Waals surface area contributed by atoms with Crippen molar-refractivity contribution < 1.29 is 9.53 Å². The number of carbonyl (C=O) groups excluding carboxylic acids is 1. The summed E-state index contributed by atoms with van der Waals surface area (Å²) < 4.78 is 5.26. The Hall–Kier alpha value is -1.90. The van der Waals surface area contributed by atoms with Crippen molar-refractivity contribution in [1.82, 2.24) is 4.98 Å². The minimum absolute atomic E-state index is 0.181. The van der Waals surface area contributed by atoms with E-state index in [0.29, 0.717) is 18.7 Å². The van der Waals surface area contributed by atoms with Gasteiger partial charge in [-0.05, 0) is 25.5 Å². The van der Waals surface area contributed by atoms with Crippen molar-refractivity contribution >= 4 is 16.7 Å². The number of Topliss-reactive ketones (excluding diaryl/α,β-unsaturated/α-hetero) is 1. The molecule has 1 heterocycles. The van der Waals surface area contributed by atoms with Crippen molar-refractivity contribution in [3.05, 3.63) is 35.9 Å². The zero-order chi connectivity index (χ0) is 12.3. The lowest BCUT2D eigenvalue weighted by atomic mass is 10.1. The predicted molar refractivity (Wildman–Crippen MR) is 67.3 cm³/mol. The highest BCUT2D eigenvalue weighted by atomic mass is 16.5. The lowest BCUT2D eigenvalue weighted by Gasteiger charge is -2.08. The molecule has 0 saturated heterocycles. The van der Waals surface area contributed by atoms with Crippen LogP contribution in [-0.4, -0.2) is 17.9 Å². The maximum Gasteiger partial charge on any atom is 0.216 e. The van der Waals surface area contributed by atoms with Gasteiger partial charge in [0.25, 0.3) is 0 Å². The average Bonchev–Trinajstić information content (AvgIpc) is 2.35. The maximum absolute atomic E-state index is 11.0. The summed E-state index contributed by atoms with van der Waals surface area (Å²) in [5, 5.41) is 1.08. The maximum atomic E-state index is 11.0. The molecule has 0 atom stereocenters. The molecule has 0 aliphatic heterocycles. The van der Waals surface area contributed by atoms with Crippen molar-refractivity contribution in [3.8, 4) is 5.88 Å². The molecule has 1 aromatic heterocycles. The van der Waals surface area contributed by atoms with Crippen molar-refractivity contribution in [1.29, 1.82) is 0 Å². The van der Waals surface area contributed by atoms with Crippen LogP contribution in [0.4, 0.5) is 0 Å². The van der Waals surface area contributed by atoms with E-state index in [4.69, 9.17) is 4.74 Å². The first-order valence-electron chi connectivity index (χ1n) is 5.63. The first-order chi connectivity index (χ1) is 8.20. The Morgan fingerprint density at radius 3 is 2.82 bits per heavy atom. The Morgan fingerprint density at radius 2 is 2.12 bits per heavy atom. The Bertz CT molecular complexity index is 549. The van der Waals surface area contributed by atoms with Gasteiger partial charge in [-0.15, -0.1) is 0 Å². The smallest absolute Gasteiger partial charge is 0.216 e. The van der Waals surface area contributed by atoms with Crippen molar-refractivity contribution in [2.45, 2.75) is 19.8 Å². The second kappa shape index (κ2) is 4.95. The first-order valence-corrected chi connectivity index (χ1v) is 5.63. The molecule has 2 rings (SSSR count). The number of nitrogens with zero attached hydrogens (tertiary/aromatic N) is 1. The number of ether oxygens (including phenoxy) is 1. The van der Waals surface area contributed by atoms with Gasteiger partial charge in [-0.3, -0.25) is 0 Å². The Kier molecular flexibility index (Phi) is 3.38. The van der Waals surface area contributed by atoms with E-state index < -0.39 is 0 Å². The van der Waals surface area contributed by atoms with Gasteiger partial charge in [-0.2, -0.15) is 0 Å². The molecule has 0 amide bonds. The Balaban J connectivity index is 2.41. The number of rotatable bonds is 4. The second-order valence-electron chi connectivity index (χ2n) is 4.05. The number of methoxy groups -OCH3 is 1. The molecule has 3 nitrogen and oxygen atoms in total. The molecule has 1 aromatic carbocycles. The molecule has 2 aromatic rings. The SMILES string of the molecule is COc1nc2ccccc2cc1CCC(C)=O. The minimum atomic E-state index is 0.181. The summed E-state index contributed by atoms with van der Waals surface area (Å²) >= 11 is 0. The minimum Gasteiger partial charge on any atom is -0.481 e. The van der Waals surface area contributed by atoms with E-state index >= 15 is 0 Å². The monoisotopic (exact) mass is 229 g/mol. The summed E-state index contributed by atoms with van der Waals surface area (Å²) in [6.45, 7) is 1.60. The zero-order valence-electron chi connectivity index (χ0n) is 10.1. The molecular weight excluding hydrogens is 214 g/mol. The summed E-state index contributed by atoms with van der Waals surface area (Å²) in [5.41, 5.74) is 1.90. The average molecular weight is 229 g/mol. The van der Waals surface area contributed by atoms with Gasteiger partial charge in [0.05, 0.1) is 12.6 Å². The Morgan fingerprint density at radius 1 is 1.35 bits per heavy atom. The topological polar surface area (TPSA) is 39.2 Å². The highest BCUT2D eigenvalue weighted by Crippen LogP contribution is 2.23. The van der Waals surface area contributed by atoms with E-state index in [1.807, 2.05) is 30.3 Å². The van der Waals surface area contributed by atoms with Crippen LogP contribution in [-0.2, 0) is 11.2 Å². The van der Waals surface area contributed by atoms with Crippen LogP contribution >= 0.6 is 0 Å². The molecule has 88 valence electrons. The van der Waals surface area contributed by atoms with Gasteiger partial charge in [0.2, 0.25) is 5.88 Å². The molecule has 0 aliphatic carbocycles. The van der Waals surface area contributed by atoms with Crippen LogP contribution < -0.4 is 4.74 Å². The molecule has 3 heteroatoms. The lowest BCUT2D eigenvalue weighted by molar-refractivity contribution is -0.116. The second-order valence-corrected chi connectivity index (χ2v) is 4.05. The third kappa shape index (κ3) is 2.61. The molecule has 0 fully saturated rings. The van der Waals surface area contributed by atoms with Crippen LogP contribution in [0, 0.1) is 0 Å². The van der Waals surface area contributed by atoms with Gasteiger partial charge in [-0.25, -0.2) is 4.98 Å². The third-order valence-electron chi connectivity index (χ3n) is 2.70. The number of carbonyl (C=O) groups is 1. The number of ketones is 1. The number of para-hydroxylation sites is 1. The quantitative estimate of drug-likeness (QED) is 0.809. The van der Waals surface area contributed by atoms with Crippen LogP contribution in [0.3, 0.4) is 0 Å². The highest BCUT2D eigenvalue weighted by Gasteiger charge is 2.07. The van der Waals surface area contributed by atoms with Crippen molar-refractivity contribution in [3.63, 3.8) is 0 Å². The number of hydrogen-bond donors (Lipinski definition) is 0. The third-order valence-corrected chi connectivity index (χ3v) is 2.70. The lowest BCUT2D eigenvalue weighted by Crippen LogP contribution is -1.99. The molecule has 0 aliphatic rings. The van der Waals surface area contributed by atoms with E-state index in [1.165, 1.54) is 0 Å². The van der Waals surface area contributed by atoms with Crippen LogP contribution in [0.1, 0.15) is 18.9 Å². The van der Waals surface area contributed by atoms with Gasteiger partial charge in [0, 0.05) is 17.4 Å². The highest BCUT2D eigenvalue weighted by molar-refractivity contribution is 5.80. The zero-order valence-corrected chi connectivity index (χ0v) is 10.1. The van der Waals surface area contributed by atoms with E-state index in [9.17, 15) is 4.79 Å². The molecule has 0 N–H and O–H groups in total. The fourth-order valence-corrected chi connectivity index (χ4v) is 1.81. The molecular formula is C14H15NO2. The van der Waals surface area contributed by atoms with Crippen LogP contribution in [0.15, 0.2) is 30.3 Å². The van der Waals surface area contributed by atoms with Crippen molar-refractivity contribution in [2.24, 2.45) is 0 Å². The summed E-state index contributed by atoms with van der Waals surface area (Å²) in [6, 6.07) is 9.94. The Labute approximate surface area is 100 Å². The molecule has 0 bridgehead atoms. The summed E-state index contributed by atoms with van der Waals surface area (Å²) in [7, 11) is 1.61. The van der Waals surface area contributed by atoms with E-state index in [0.717, 1.165) is 16.5 Å². The largest absolute Gasteiger partial charge is 0.481 e. The number of aryl methyl sites for hydroxylation is 1. The number of aromatic nitrogens is 1. The van der Waals surface area contributed by atoms with Crippen LogP contribution in [0.5, 0.6) is 5.88 Å². The fourth-order valence-electron chi connectivity index (χ4n) is 1.81. The van der Waals surface area contributed by atoms with E-state index in [1.54, 1.807) is 14.0 Å². The standard InChI is InChI=1S/C14H15NO2/c1-10(16)7-8-12-9-11-5-3-4-6-13(11)15-14(12)17-2/h3-6,9H,7-8H2,1-2H3. The van der Waals surface area contributed by atoms with Gasteiger partial charge in [0.1, 0.15) is 5.78 Å². The molecule has 0 saturated carbocycles. The summed E-state index contributed by atoms with van der Waals surface area (Å²) in [5.74, 6) is 0.796. The van der Waals surface area contributed by atoms with Gasteiger partial charge < -0.3 is 9.53 Å². The van der Waals surface area contributed by atoms with Crippen LogP contribution in [0.25, 0.3) is 10.9 Å². The summed E-state index contributed by atoms with van der Waals surface area (Å²) in [4.78, 5) is 15.5. The number of benzene rings is 1.